The lowest BCUT2D eigenvalue weighted by molar-refractivity contribution is -0.144. The van der Waals surface area contributed by atoms with Gasteiger partial charge in [0.15, 0.2) is 5.65 Å². The molecule has 3 nitrogen and oxygen atoms in total. The van der Waals surface area contributed by atoms with Gasteiger partial charge in [-0.2, -0.15) is 13.2 Å². The zero-order chi connectivity index (χ0) is 11.9. The Kier molecular flexibility index (Phi) is 2.81. The number of alkyl halides is 3. The Labute approximate surface area is 103 Å². The predicted molar refractivity (Wildman–Crippen MR) is 60.1 cm³/mol. The zero-order valence-corrected chi connectivity index (χ0v) is 10.4. The van der Waals surface area contributed by atoms with Crippen molar-refractivity contribution >= 4 is 28.2 Å². The topological polar surface area (TPSA) is 30.2 Å². The van der Waals surface area contributed by atoms with Gasteiger partial charge in [0, 0.05) is 0 Å². The van der Waals surface area contributed by atoms with Crippen LogP contribution in [0.15, 0.2) is 12.1 Å². The number of aromatic nitrogens is 3. The van der Waals surface area contributed by atoms with Gasteiger partial charge < -0.3 is 0 Å². The number of nitrogens with zero attached hydrogens (tertiary/aromatic N) is 3. The van der Waals surface area contributed by atoms with Crippen LogP contribution in [-0.4, -0.2) is 14.6 Å². The Morgan fingerprint density at radius 3 is 2.62 bits per heavy atom. The minimum Gasteiger partial charge on any atom is -0.207 e. The average molecular weight is 341 g/mol. The summed E-state index contributed by atoms with van der Waals surface area (Å²) in [5.41, 5.74) is 1.03. The van der Waals surface area contributed by atoms with Gasteiger partial charge in [-0.1, -0.05) is 13.0 Å². The molecular formula is C9H7F3IN3. The number of hydrogen-bond acceptors (Lipinski definition) is 2. The summed E-state index contributed by atoms with van der Waals surface area (Å²) in [6.07, 6.45) is -3.88. The van der Waals surface area contributed by atoms with Gasteiger partial charge in [0.2, 0.25) is 0 Å². The molecule has 0 saturated heterocycles. The fourth-order valence-electron chi connectivity index (χ4n) is 1.38. The van der Waals surface area contributed by atoms with Gasteiger partial charge in [0.1, 0.15) is 3.70 Å². The average Bonchev–Trinajstić information content (AvgIpc) is 2.63. The Morgan fingerprint density at radius 1 is 1.38 bits per heavy atom. The summed E-state index contributed by atoms with van der Waals surface area (Å²) < 4.78 is 39.2. The Bertz CT molecular complexity index is 533. The van der Waals surface area contributed by atoms with Gasteiger partial charge in [0.05, 0.1) is 0 Å². The van der Waals surface area contributed by atoms with Gasteiger partial charge in [-0.25, -0.2) is 9.50 Å². The van der Waals surface area contributed by atoms with Gasteiger partial charge >= 0.3 is 6.18 Å². The SMILES string of the molecule is CCc1ccc(I)n2nc(C(F)(F)F)nc12. The Balaban J connectivity index is 2.73. The van der Waals surface area contributed by atoms with Crippen LogP contribution >= 0.6 is 22.6 Å². The molecule has 0 saturated carbocycles. The van der Waals surface area contributed by atoms with E-state index in [4.69, 9.17) is 0 Å². The molecule has 0 unspecified atom stereocenters. The van der Waals surface area contributed by atoms with Crippen LogP contribution in [0.4, 0.5) is 13.2 Å². The first-order valence-corrected chi connectivity index (χ1v) is 5.62. The minimum atomic E-state index is -4.50. The molecule has 0 aromatic carbocycles. The quantitative estimate of drug-likeness (QED) is 0.590. The first kappa shape index (κ1) is 11.6. The first-order chi connectivity index (χ1) is 7.43. The van der Waals surface area contributed by atoms with E-state index in [1.807, 2.05) is 29.5 Å². The van der Waals surface area contributed by atoms with Crippen LogP contribution in [0.3, 0.4) is 0 Å². The molecular weight excluding hydrogens is 334 g/mol. The highest BCUT2D eigenvalue weighted by Crippen LogP contribution is 2.27. The number of fused-ring (bicyclic) bond motifs is 1. The molecule has 0 radical (unpaired) electrons. The summed E-state index contributed by atoms with van der Waals surface area (Å²) in [4.78, 5) is 3.54. The highest BCUT2D eigenvalue weighted by molar-refractivity contribution is 14.1. The number of pyridine rings is 1. The second kappa shape index (κ2) is 3.86. The van der Waals surface area contributed by atoms with E-state index in [2.05, 4.69) is 10.1 Å². The molecule has 0 aliphatic rings. The van der Waals surface area contributed by atoms with Gasteiger partial charge in [-0.05, 0) is 40.6 Å². The van der Waals surface area contributed by atoms with Gasteiger partial charge in [0.25, 0.3) is 5.82 Å². The second-order valence-electron chi connectivity index (χ2n) is 3.20. The molecule has 2 aromatic heterocycles. The van der Waals surface area contributed by atoms with E-state index < -0.39 is 12.0 Å². The maximum absolute atomic E-state index is 12.5. The van der Waals surface area contributed by atoms with E-state index in [0.29, 0.717) is 10.1 Å². The summed E-state index contributed by atoms with van der Waals surface area (Å²) in [5.74, 6) is -1.09. The van der Waals surface area contributed by atoms with Crippen molar-refractivity contribution in [2.24, 2.45) is 0 Å². The zero-order valence-electron chi connectivity index (χ0n) is 8.22. The van der Waals surface area contributed by atoms with Crippen LogP contribution in [-0.2, 0) is 12.6 Å². The third kappa shape index (κ3) is 1.87. The van der Waals surface area contributed by atoms with Crippen molar-refractivity contribution in [1.29, 1.82) is 0 Å². The number of halogens is 4. The second-order valence-corrected chi connectivity index (χ2v) is 4.31. The highest BCUT2D eigenvalue weighted by Gasteiger charge is 2.36. The van der Waals surface area contributed by atoms with E-state index in [9.17, 15) is 13.2 Å². The first-order valence-electron chi connectivity index (χ1n) is 4.55. The molecule has 0 aliphatic carbocycles. The Hall–Kier alpha value is -0.860. The lowest BCUT2D eigenvalue weighted by Crippen LogP contribution is -2.07. The monoisotopic (exact) mass is 341 g/mol. The molecule has 2 heterocycles. The van der Waals surface area contributed by atoms with Gasteiger partial charge in [-0.15, -0.1) is 5.10 Å². The molecule has 0 aliphatic heterocycles. The van der Waals surface area contributed by atoms with Crippen LogP contribution in [0.5, 0.6) is 0 Å². The fraction of sp³-hybridized carbons (Fsp3) is 0.333. The third-order valence-electron chi connectivity index (χ3n) is 2.15. The van der Waals surface area contributed by atoms with Crippen molar-refractivity contribution in [3.63, 3.8) is 0 Å². The van der Waals surface area contributed by atoms with Crippen LogP contribution in [0, 0.1) is 3.70 Å². The summed E-state index contributed by atoms with van der Waals surface area (Å²) in [6, 6.07) is 3.49. The van der Waals surface area contributed by atoms with Crippen LogP contribution in [0.25, 0.3) is 5.65 Å². The molecule has 7 heteroatoms. The van der Waals surface area contributed by atoms with E-state index in [-0.39, 0.29) is 5.65 Å². The fourth-order valence-corrected chi connectivity index (χ4v) is 1.90. The number of hydrogen-bond donors (Lipinski definition) is 0. The third-order valence-corrected chi connectivity index (χ3v) is 2.97. The smallest absolute Gasteiger partial charge is 0.207 e. The number of aryl methyl sites for hydroxylation is 1. The molecule has 0 amide bonds. The van der Waals surface area contributed by atoms with Crippen molar-refractivity contribution in [3.05, 3.63) is 27.2 Å². The molecule has 0 atom stereocenters. The van der Waals surface area contributed by atoms with E-state index in [1.165, 1.54) is 4.52 Å². The minimum absolute atomic E-state index is 0.279. The van der Waals surface area contributed by atoms with Gasteiger partial charge in [-0.3, -0.25) is 0 Å². The molecule has 0 fully saturated rings. The molecule has 86 valence electrons. The maximum atomic E-state index is 12.5. The lowest BCUT2D eigenvalue weighted by Gasteiger charge is -2.00. The molecule has 16 heavy (non-hydrogen) atoms. The van der Waals surface area contributed by atoms with E-state index >= 15 is 0 Å². The van der Waals surface area contributed by atoms with Crippen molar-refractivity contribution in [1.82, 2.24) is 14.6 Å². The normalized spacial score (nSPS) is 12.3. The summed E-state index contributed by atoms with van der Waals surface area (Å²) in [6.45, 7) is 1.87. The van der Waals surface area contributed by atoms with Crippen molar-refractivity contribution in [3.8, 4) is 0 Å². The Morgan fingerprint density at radius 2 is 2.06 bits per heavy atom. The van der Waals surface area contributed by atoms with E-state index in [1.54, 1.807) is 12.1 Å². The highest BCUT2D eigenvalue weighted by atomic mass is 127. The standard InChI is InChI=1S/C9H7F3IN3/c1-2-5-3-4-6(13)16-7(5)14-8(15-16)9(10,11)12/h3-4H,2H2,1H3. The van der Waals surface area contributed by atoms with Crippen LogP contribution < -0.4 is 0 Å². The summed E-state index contributed by atoms with van der Waals surface area (Å²) in [7, 11) is 0. The van der Waals surface area contributed by atoms with Crippen molar-refractivity contribution in [2.45, 2.75) is 19.5 Å². The lowest BCUT2D eigenvalue weighted by atomic mass is 10.2. The van der Waals surface area contributed by atoms with Crippen LogP contribution in [0.1, 0.15) is 18.3 Å². The predicted octanol–water partition coefficient (Wildman–Crippen LogP) is 2.92. The van der Waals surface area contributed by atoms with Crippen molar-refractivity contribution < 1.29 is 13.2 Å². The van der Waals surface area contributed by atoms with Crippen molar-refractivity contribution in [2.75, 3.05) is 0 Å². The molecule has 0 spiro atoms. The molecule has 0 N–H and O–H groups in total. The molecule has 0 bridgehead atoms. The van der Waals surface area contributed by atoms with Crippen LogP contribution in [0.2, 0.25) is 0 Å². The summed E-state index contributed by atoms with van der Waals surface area (Å²) in [5, 5.41) is 3.47. The summed E-state index contributed by atoms with van der Waals surface area (Å²) >= 11 is 1.93. The maximum Gasteiger partial charge on any atom is 0.453 e. The van der Waals surface area contributed by atoms with E-state index in [0.717, 1.165) is 5.56 Å². The number of rotatable bonds is 1. The molecule has 2 aromatic rings. The largest absolute Gasteiger partial charge is 0.453 e. The molecule has 2 rings (SSSR count).